The number of hydrogen-bond donors (Lipinski definition) is 3. The number of nitrogens with one attached hydrogen (secondary N) is 2. The quantitative estimate of drug-likeness (QED) is 0.723. The number of carbonyl (C=O) groups is 1. The summed E-state index contributed by atoms with van der Waals surface area (Å²) in [6, 6.07) is 0.763. The number of amides is 1. The van der Waals surface area contributed by atoms with Crippen molar-refractivity contribution >= 4 is 28.2 Å². The van der Waals surface area contributed by atoms with Crippen LogP contribution in [0.3, 0.4) is 0 Å². The third-order valence-corrected chi connectivity index (χ3v) is 5.44. The number of nitrogen functional groups attached to an aromatic ring is 1. The van der Waals surface area contributed by atoms with Crippen molar-refractivity contribution in [1.82, 2.24) is 10.3 Å². The molecule has 5 nitrogen and oxygen atoms in total. The lowest BCUT2D eigenvalue weighted by atomic mass is 9.93. The van der Waals surface area contributed by atoms with Crippen molar-refractivity contribution in [1.29, 1.82) is 0 Å². The molecule has 0 radical (unpaired) electrons. The normalized spacial score (nSPS) is 19.9. The molecule has 1 heterocycles. The highest BCUT2D eigenvalue weighted by Gasteiger charge is 2.27. The van der Waals surface area contributed by atoms with E-state index in [1.54, 1.807) is 0 Å². The van der Waals surface area contributed by atoms with Crippen molar-refractivity contribution in [2.75, 3.05) is 11.1 Å². The van der Waals surface area contributed by atoms with Gasteiger partial charge < -0.3 is 16.4 Å². The van der Waals surface area contributed by atoms with Gasteiger partial charge in [0.2, 0.25) is 0 Å². The average molecular weight is 308 g/mol. The third-order valence-electron chi connectivity index (χ3n) is 4.44. The van der Waals surface area contributed by atoms with Crippen LogP contribution in [-0.2, 0) is 0 Å². The van der Waals surface area contributed by atoms with Gasteiger partial charge in [-0.05, 0) is 38.0 Å². The Labute approximate surface area is 129 Å². The number of aromatic nitrogens is 1. The molecule has 1 unspecified atom stereocenters. The van der Waals surface area contributed by atoms with Crippen LogP contribution in [0.5, 0.6) is 0 Å². The second-order valence-electron chi connectivity index (χ2n) is 6.26. The second-order valence-corrected chi connectivity index (χ2v) is 7.26. The highest BCUT2D eigenvalue weighted by atomic mass is 32.1. The van der Waals surface area contributed by atoms with Crippen LogP contribution in [0.15, 0.2) is 0 Å². The monoisotopic (exact) mass is 308 g/mol. The number of thiazole rings is 1. The van der Waals surface area contributed by atoms with Gasteiger partial charge in [0.1, 0.15) is 10.7 Å². The summed E-state index contributed by atoms with van der Waals surface area (Å²) < 4.78 is 0. The van der Waals surface area contributed by atoms with Gasteiger partial charge >= 0.3 is 0 Å². The SMILES string of the molecule is CCC(CC1CC1)NC(=O)c1sc(NC2CCC2)nc1N. The smallest absolute Gasteiger partial charge is 0.265 e. The number of nitrogens with two attached hydrogens (primary N) is 1. The maximum Gasteiger partial charge on any atom is 0.265 e. The van der Waals surface area contributed by atoms with Crippen LogP contribution in [0.4, 0.5) is 10.9 Å². The standard InChI is InChI=1S/C15H24N4OS/c1-2-10(8-9-6-7-9)17-14(20)12-13(16)19-15(21-12)18-11-4-3-5-11/h9-11H,2-8,16H2,1H3,(H,17,20)(H,18,19). The molecule has 1 atom stereocenters. The first kappa shape index (κ1) is 14.6. The van der Waals surface area contributed by atoms with E-state index in [1.165, 1.54) is 43.4 Å². The molecule has 3 rings (SSSR count). The van der Waals surface area contributed by atoms with Crippen molar-refractivity contribution in [2.24, 2.45) is 5.92 Å². The maximum atomic E-state index is 12.4. The zero-order chi connectivity index (χ0) is 14.8. The summed E-state index contributed by atoms with van der Waals surface area (Å²) in [5.41, 5.74) is 5.91. The average Bonchev–Trinajstić information content (AvgIpc) is 3.14. The van der Waals surface area contributed by atoms with Gasteiger partial charge in [-0.15, -0.1) is 0 Å². The molecular weight excluding hydrogens is 284 g/mol. The van der Waals surface area contributed by atoms with Crippen molar-refractivity contribution < 1.29 is 4.79 Å². The molecule has 6 heteroatoms. The van der Waals surface area contributed by atoms with E-state index in [9.17, 15) is 4.79 Å². The van der Waals surface area contributed by atoms with Gasteiger partial charge in [0.25, 0.3) is 5.91 Å². The van der Waals surface area contributed by atoms with Crippen LogP contribution in [0.2, 0.25) is 0 Å². The zero-order valence-electron chi connectivity index (χ0n) is 12.5. The minimum Gasteiger partial charge on any atom is -0.382 e. The molecule has 2 aliphatic rings. The topological polar surface area (TPSA) is 80.0 Å². The van der Waals surface area contributed by atoms with Gasteiger partial charge in [-0.1, -0.05) is 31.1 Å². The maximum absolute atomic E-state index is 12.4. The molecule has 1 aromatic heterocycles. The predicted molar refractivity (Wildman–Crippen MR) is 86.7 cm³/mol. The van der Waals surface area contributed by atoms with E-state index in [1.807, 2.05) is 0 Å². The summed E-state index contributed by atoms with van der Waals surface area (Å²) in [5.74, 6) is 1.09. The summed E-state index contributed by atoms with van der Waals surface area (Å²) >= 11 is 1.37. The predicted octanol–water partition coefficient (Wildman–Crippen LogP) is 3.00. The molecule has 0 aromatic carbocycles. The number of hydrogen-bond acceptors (Lipinski definition) is 5. The van der Waals surface area contributed by atoms with Crippen molar-refractivity contribution in [3.63, 3.8) is 0 Å². The fourth-order valence-corrected chi connectivity index (χ4v) is 3.48. The van der Waals surface area contributed by atoms with Crippen LogP contribution in [0.25, 0.3) is 0 Å². The molecule has 2 aliphatic carbocycles. The summed E-state index contributed by atoms with van der Waals surface area (Å²) in [6.07, 6.45) is 8.31. The van der Waals surface area contributed by atoms with Crippen molar-refractivity contribution in [3.05, 3.63) is 4.88 Å². The summed E-state index contributed by atoms with van der Waals surface area (Å²) in [7, 11) is 0. The second kappa shape index (κ2) is 6.22. The largest absolute Gasteiger partial charge is 0.382 e. The first-order chi connectivity index (χ1) is 10.2. The molecule has 1 amide bonds. The van der Waals surface area contributed by atoms with Crippen LogP contribution in [0, 0.1) is 5.92 Å². The van der Waals surface area contributed by atoms with E-state index in [2.05, 4.69) is 22.5 Å². The van der Waals surface area contributed by atoms with Gasteiger partial charge in [0.05, 0.1) is 0 Å². The van der Waals surface area contributed by atoms with E-state index in [0.29, 0.717) is 16.7 Å². The summed E-state index contributed by atoms with van der Waals surface area (Å²) in [4.78, 5) is 17.2. The Balaban J connectivity index is 1.59. The van der Waals surface area contributed by atoms with Gasteiger partial charge in [-0.2, -0.15) is 0 Å². The Morgan fingerprint density at radius 3 is 2.76 bits per heavy atom. The van der Waals surface area contributed by atoms with E-state index >= 15 is 0 Å². The van der Waals surface area contributed by atoms with Crippen molar-refractivity contribution in [2.45, 2.75) is 64.0 Å². The van der Waals surface area contributed by atoms with Crippen LogP contribution in [-0.4, -0.2) is 23.0 Å². The first-order valence-corrected chi connectivity index (χ1v) is 8.81. The molecule has 0 saturated heterocycles. The van der Waals surface area contributed by atoms with E-state index in [0.717, 1.165) is 23.9 Å². The van der Waals surface area contributed by atoms with Gasteiger partial charge in [-0.25, -0.2) is 4.98 Å². The van der Waals surface area contributed by atoms with E-state index in [-0.39, 0.29) is 11.9 Å². The van der Waals surface area contributed by atoms with Gasteiger partial charge in [0, 0.05) is 12.1 Å². The molecule has 0 spiro atoms. The summed E-state index contributed by atoms with van der Waals surface area (Å²) in [5, 5.41) is 7.24. The molecule has 21 heavy (non-hydrogen) atoms. The van der Waals surface area contributed by atoms with Crippen LogP contribution >= 0.6 is 11.3 Å². The van der Waals surface area contributed by atoms with E-state index in [4.69, 9.17) is 5.73 Å². The fraction of sp³-hybridized carbons (Fsp3) is 0.733. The molecular formula is C15H24N4OS. The molecule has 0 bridgehead atoms. The zero-order valence-corrected chi connectivity index (χ0v) is 13.3. The highest BCUT2D eigenvalue weighted by molar-refractivity contribution is 7.18. The molecule has 1 aromatic rings. The van der Waals surface area contributed by atoms with E-state index < -0.39 is 0 Å². The van der Waals surface area contributed by atoms with Gasteiger partial charge in [0.15, 0.2) is 5.13 Å². The Morgan fingerprint density at radius 2 is 2.19 bits per heavy atom. The van der Waals surface area contributed by atoms with Crippen LogP contribution < -0.4 is 16.4 Å². The lowest BCUT2D eigenvalue weighted by Gasteiger charge is -2.25. The molecule has 4 N–H and O–H groups in total. The van der Waals surface area contributed by atoms with Gasteiger partial charge in [-0.3, -0.25) is 4.79 Å². The first-order valence-electron chi connectivity index (χ1n) is 7.99. The number of anilines is 2. The minimum absolute atomic E-state index is 0.0702. The summed E-state index contributed by atoms with van der Waals surface area (Å²) in [6.45, 7) is 2.12. The van der Waals surface area contributed by atoms with Crippen LogP contribution in [0.1, 0.15) is 61.5 Å². The molecule has 116 valence electrons. The Hall–Kier alpha value is -1.30. The molecule has 0 aliphatic heterocycles. The number of rotatable bonds is 7. The molecule has 2 fully saturated rings. The number of nitrogens with zero attached hydrogens (tertiary/aromatic N) is 1. The Bertz CT molecular complexity index is 508. The minimum atomic E-state index is -0.0702. The lowest BCUT2D eigenvalue weighted by molar-refractivity contribution is 0.0937. The Morgan fingerprint density at radius 1 is 1.43 bits per heavy atom. The highest BCUT2D eigenvalue weighted by Crippen LogP contribution is 2.34. The lowest BCUT2D eigenvalue weighted by Crippen LogP contribution is -2.34. The molecule has 2 saturated carbocycles. The Kier molecular flexibility index (Phi) is 4.33. The fourth-order valence-electron chi connectivity index (χ4n) is 2.62. The van der Waals surface area contributed by atoms with Crippen molar-refractivity contribution in [3.8, 4) is 0 Å². The third kappa shape index (κ3) is 3.67. The number of carbonyl (C=O) groups excluding carboxylic acids is 1.